The van der Waals surface area contributed by atoms with Gasteiger partial charge in [-0.15, -0.1) is 0 Å². The molecule has 0 saturated carbocycles. The van der Waals surface area contributed by atoms with Gasteiger partial charge < -0.3 is 9.63 Å². The number of halogens is 2. The standard InChI is InChI=1S/C9H4BrFN2O3/c10-6-3-4(11)1-2-5(6)8-12-7(9(14)15)13-16-8/h1-3H,(H,14,15). The zero-order valence-electron chi connectivity index (χ0n) is 7.65. The van der Waals surface area contributed by atoms with Crippen molar-refractivity contribution in [3.05, 3.63) is 34.3 Å². The molecule has 2 aromatic rings. The summed E-state index contributed by atoms with van der Waals surface area (Å²) < 4.78 is 18.0. The molecule has 82 valence electrons. The molecule has 0 bridgehead atoms. The van der Waals surface area contributed by atoms with Gasteiger partial charge in [0.05, 0.1) is 5.56 Å². The fourth-order valence-electron chi connectivity index (χ4n) is 1.08. The van der Waals surface area contributed by atoms with Gasteiger partial charge in [0, 0.05) is 4.47 Å². The normalized spacial score (nSPS) is 10.4. The summed E-state index contributed by atoms with van der Waals surface area (Å²) in [6, 6.07) is 3.85. The first-order valence-electron chi connectivity index (χ1n) is 4.10. The van der Waals surface area contributed by atoms with E-state index in [0.29, 0.717) is 10.0 Å². The van der Waals surface area contributed by atoms with Gasteiger partial charge in [-0.05, 0) is 39.3 Å². The number of carboxylic acid groups (broad SMARTS) is 1. The highest BCUT2D eigenvalue weighted by Crippen LogP contribution is 2.27. The Morgan fingerprint density at radius 3 is 2.81 bits per heavy atom. The molecule has 1 aromatic carbocycles. The van der Waals surface area contributed by atoms with E-state index in [1.807, 2.05) is 0 Å². The molecule has 0 fully saturated rings. The molecule has 0 amide bonds. The second-order valence-electron chi connectivity index (χ2n) is 2.85. The van der Waals surface area contributed by atoms with Crippen molar-refractivity contribution in [2.24, 2.45) is 0 Å². The summed E-state index contributed by atoms with van der Waals surface area (Å²) in [4.78, 5) is 14.2. The Kier molecular flexibility index (Phi) is 2.69. The third-order valence-corrected chi connectivity index (χ3v) is 2.43. The number of hydrogen-bond acceptors (Lipinski definition) is 4. The van der Waals surface area contributed by atoms with Gasteiger partial charge >= 0.3 is 5.97 Å². The molecule has 1 N–H and O–H groups in total. The Bertz CT molecular complexity index is 555. The molecule has 0 unspecified atom stereocenters. The summed E-state index contributed by atoms with van der Waals surface area (Å²) in [7, 11) is 0. The summed E-state index contributed by atoms with van der Waals surface area (Å²) in [6.07, 6.45) is 0. The minimum absolute atomic E-state index is 0.0178. The highest BCUT2D eigenvalue weighted by Gasteiger charge is 2.16. The monoisotopic (exact) mass is 286 g/mol. The Labute approximate surface area is 97.0 Å². The van der Waals surface area contributed by atoms with E-state index in [4.69, 9.17) is 9.63 Å². The highest BCUT2D eigenvalue weighted by atomic mass is 79.9. The number of aromatic carboxylic acids is 1. The Morgan fingerprint density at radius 1 is 1.50 bits per heavy atom. The Balaban J connectivity index is 2.46. The first kappa shape index (κ1) is 10.7. The molecule has 0 aliphatic heterocycles. The van der Waals surface area contributed by atoms with Crippen molar-refractivity contribution in [1.82, 2.24) is 10.1 Å². The first-order valence-corrected chi connectivity index (χ1v) is 4.89. The molecule has 2 rings (SSSR count). The lowest BCUT2D eigenvalue weighted by molar-refractivity contribution is 0.0680. The Hall–Kier alpha value is -1.76. The van der Waals surface area contributed by atoms with Crippen molar-refractivity contribution < 1.29 is 18.8 Å². The molecule has 0 atom stereocenters. The summed E-state index contributed by atoms with van der Waals surface area (Å²) in [5.74, 6) is -2.13. The van der Waals surface area contributed by atoms with E-state index in [2.05, 4.69) is 26.1 Å². The Morgan fingerprint density at radius 2 is 2.25 bits per heavy atom. The average molecular weight is 287 g/mol. The second kappa shape index (κ2) is 4.01. The number of benzene rings is 1. The van der Waals surface area contributed by atoms with Crippen LogP contribution >= 0.6 is 15.9 Å². The number of carboxylic acids is 1. The fraction of sp³-hybridized carbons (Fsp3) is 0. The van der Waals surface area contributed by atoms with Crippen molar-refractivity contribution in [3.8, 4) is 11.5 Å². The van der Waals surface area contributed by atoms with E-state index in [9.17, 15) is 9.18 Å². The van der Waals surface area contributed by atoms with Gasteiger partial charge in [-0.2, -0.15) is 4.98 Å². The van der Waals surface area contributed by atoms with Crippen LogP contribution in [0.4, 0.5) is 4.39 Å². The highest BCUT2D eigenvalue weighted by molar-refractivity contribution is 9.10. The van der Waals surface area contributed by atoms with Gasteiger partial charge in [0.2, 0.25) is 0 Å². The van der Waals surface area contributed by atoms with Crippen molar-refractivity contribution in [1.29, 1.82) is 0 Å². The average Bonchev–Trinajstić information content (AvgIpc) is 2.66. The molecular formula is C9H4BrFN2O3. The van der Waals surface area contributed by atoms with Gasteiger partial charge in [0.1, 0.15) is 5.82 Å². The zero-order valence-corrected chi connectivity index (χ0v) is 9.23. The predicted octanol–water partition coefficient (Wildman–Crippen LogP) is 2.34. The molecular weight excluding hydrogens is 283 g/mol. The van der Waals surface area contributed by atoms with Crippen molar-refractivity contribution in [2.45, 2.75) is 0 Å². The zero-order chi connectivity index (χ0) is 11.7. The molecule has 5 nitrogen and oxygen atoms in total. The van der Waals surface area contributed by atoms with Gasteiger partial charge in [0.25, 0.3) is 11.7 Å². The molecule has 7 heteroatoms. The molecule has 0 saturated heterocycles. The van der Waals surface area contributed by atoms with Crippen LogP contribution in [0.2, 0.25) is 0 Å². The lowest BCUT2D eigenvalue weighted by atomic mass is 10.2. The van der Waals surface area contributed by atoms with Gasteiger partial charge in [-0.1, -0.05) is 0 Å². The molecule has 0 aliphatic carbocycles. The SMILES string of the molecule is O=C(O)c1noc(-c2ccc(F)cc2Br)n1. The topological polar surface area (TPSA) is 76.2 Å². The van der Waals surface area contributed by atoms with Crippen LogP contribution in [-0.2, 0) is 0 Å². The predicted molar refractivity (Wildman–Crippen MR) is 54.4 cm³/mol. The molecule has 16 heavy (non-hydrogen) atoms. The van der Waals surface area contributed by atoms with E-state index < -0.39 is 17.6 Å². The molecule has 1 heterocycles. The molecule has 1 aromatic heterocycles. The maximum absolute atomic E-state index is 12.8. The third-order valence-electron chi connectivity index (χ3n) is 1.78. The van der Waals surface area contributed by atoms with E-state index in [0.717, 1.165) is 0 Å². The van der Waals surface area contributed by atoms with Gasteiger partial charge in [-0.3, -0.25) is 0 Å². The number of nitrogens with zero attached hydrogens (tertiary/aromatic N) is 2. The lowest BCUT2D eigenvalue weighted by Crippen LogP contribution is -1.98. The van der Waals surface area contributed by atoms with Gasteiger partial charge in [0.15, 0.2) is 0 Å². The van der Waals surface area contributed by atoms with Crippen LogP contribution in [0, 0.1) is 5.82 Å². The minimum atomic E-state index is -1.28. The summed E-state index contributed by atoms with van der Waals surface area (Å²) >= 11 is 3.11. The van der Waals surface area contributed by atoms with Crippen molar-refractivity contribution >= 4 is 21.9 Å². The van der Waals surface area contributed by atoms with E-state index in [1.54, 1.807) is 0 Å². The van der Waals surface area contributed by atoms with E-state index >= 15 is 0 Å². The van der Waals surface area contributed by atoms with E-state index in [1.165, 1.54) is 18.2 Å². The van der Waals surface area contributed by atoms with Crippen molar-refractivity contribution in [2.75, 3.05) is 0 Å². The maximum atomic E-state index is 12.8. The molecule has 0 radical (unpaired) electrons. The van der Waals surface area contributed by atoms with Crippen LogP contribution in [0.25, 0.3) is 11.5 Å². The first-order chi connectivity index (χ1) is 7.58. The van der Waals surface area contributed by atoms with Crippen LogP contribution in [0.3, 0.4) is 0 Å². The van der Waals surface area contributed by atoms with Crippen LogP contribution in [-0.4, -0.2) is 21.2 Å². The second-order valence-corrected chi connectivity index (χ2v) is 3.71. The number of aromatic nitrogens is 2. The molecule has 0 spiro atoms. The summed E-state index contributed by atoms with van der Waals surface area (Å²) in [5.41, 5.74) is 0.432. The van der Waals surface area contributed by atoms with Crippen LogP contribution in [0.1, 0.15) is 10.6 Å². The lowest BCUT2D eigenvalue weighted by Gasteiger charge is -1.97. The number of hydrogen-bond donors (Lipinski definition) is 1. The van der Waals surface area contributed by atoms with Crippen molar-refractivity contribution in [3.63, 3.8) is 0 Å². The summed E-state index contributed by atoms with van der Waals surface area (Å²) in [5, 5.41) is 11.9. The minimum Gasteiger partial charge on any atom is -0.475 e. The third kappa shape index (κ3) is 1.94. The smallest absolute Gasteiger partial charge is 0.377 e. The quantitative estimate of drug-likeness (QED) is 0.917. The number of rotatable bonds is 2. The van der Waals surface area contributed by atoms with Crippen LogP contribution in [0.15, 0.2) is 27.2 Å². The fourth-order valence-corrected chi connectivity index (χ4v) is 1.60. The van der Waals surface area contributed by atoms with E-state index in [-0.39, 0.29) is 5.89 Å². The van der Waals surface area contributed by atoms with Crippen LogP contribution < -0.4 is 0 Å². The summed E-state index contributed by atoms with van der Waals surface area (Å²) in [6.45, 7) is 0. The molecule has 0 aliphatic rings. The number of carbonyl (C=O) groups is 1. The largest absolute Gasteiger partial charge is 0.475 e. The van der Waals surface area contributed by atoms with Gasteiger partial charge in [-0.25, -0.2) is 9.18 Å². The maximum Gasteiger partial charge on any atom is 0.377 e. The van der Waals surface area contributed by atoms with Crippen LogP contribution in [0.5, 0.6) is 0 Å².